The zero-order chi connectivity index (χ0) is 19.4. The Balaban J connectivity index is 2.06. The summed E-state index contributed by atoms with van der Waals surface area (Å²) >= 11 is 0. The summed E-state index contributed by atoms with van der Waals surface area (Å²) in [4.78, 5) is 0. The van der Waals surface area contributed by atoms with Crippen molar-refractivity contribution in [2.24, 2.45) is 11.8 Å². The predicted octanol–water partition coefficient (Wildman–Crippen LogP) is 6.47. The number of rotatable bonds is 14. The van der Waals surface area contributed by atoms with Crippen LogP contribution in [0.15, 0.2) is 0 Å². The van der Waals surface area contributed by atoms with Crippen molar-refractivity contribution in [2.45, 2.75) is 130 Å². The maximum Gasteiger partial charge on any atom is 0.163 e. The van der Waals surface area contributed by atoms with E-state index in [0.717, 1.165) is 12.8 Å². The van der Waals surface area contributed by atoms with Crippen LogP contribution in [0.5, 0.6) is 0 Å². The summed E-state index contributed by atoms with van der Waals surface area (Å²) in [6, 6.07) is 0. The van der Waals surface area contributed by atoms with E-state index in [0.29, 0.717) is 12.5 Å². The van der Waals surface area contributed by atoms with E-state index in [1.165, 1.54) is 64.2 Å². The Kier molecular flexibility index (Phi) is 12.1. The number of aliphatic hydroxyl groups is 1. The molecule has 0 aromatic carbocycles. The normalized spacial score (nSPS) is 25.2. The molecule has 0 aromatic heterocycles. The molecule has 26 heavy (non-hydrogen) atoms. The topological polar surface area (TPSA) is 38.7 Å². The zero-order valence-corrected chi connectivity index (χ0v) is 18.3. The van der Waals surface area contributed by atoms with E-state index in [1.54, 1.807) is 0 Å². The van der Waals surface area contributed by atoms with Crippen molar-refractivity contribution in [2.75, 3.05) is 6.61 Å². The Bertz CT molecular complexity index is 342. The van der Waals surface area contributed by atoms with Gasteiger partial charge in [-0.1, -0.05) is 91.4 Å². The number of aliphatic hydroxyl groups excluding tert-OH is 1. The molecule has 1 aliphatic heterocycles. The van der Waals surface area contributed by atoms with Gasteiger partial charge in [-0.15, -0.1) is 0 Å². The molecule has 1 fully saturated rings. The maximum absolute atomic E-state index is 10.6. The van der Waals surface area contributed by atoms with E-state index in [2.05, 4.69) is 20.8 Å². The van der Waals surface area contributed by atoms with Gasteiger partial charge in [0, 0.05) is 11.8 Å². The Morgan fingerprint density at radius 2 is 1.42 bits per heavy atom. The molecule has 0 radical (unpaired) electrons. The molecule has 3 nitrogen and oxygen atoms in total. The summed E-state index contributed by atoms with van der Waals surface area (Å²) in [7, 11) is 0. The van der Waals surface area contributed by atoms with Crippen LogP contribution >= 0.6 is 0 Å². The minimum Gasteiger partial charge on any atom is -0.393 e. The molecular formula is C23H46O3. The summed E-state index contributed by atoms with van der Waals surface area (Å²) in [5.41, 5.74) is 0. The van der Waals surface area contributed by atoms with Gasteiger partial charge in [-0.25, -0.2) is 0 Å². The third-order valence-electron chi connectivity index (χ3n) is 5.90. The van der Waals surface area contributed by atoms with Crippen molar-refractivity contribution in [3.8, 4) is 0 Å². The van der Waals surface area contributed by atoms with Gasteiger partial charge >= 0.3 is 0 Å². The van der Waals surface area contributed by atoms with Crippen LogP contribution in [0.25, 0.3) is 0 Å². The van der Waals surface area contributed by atoms with Crippen LogP contribution < -0.4 is 0 Å². The number of unbranched alkanes of at least 4 members (excludes halogenated alkanes) is 10. The van der Waals surface area contributed by atoms with Gasteiger partial charge in [0.15, 0.2) is 5.79 Å². The first-order valence-corrected chi connectivity index (χ1v) is 11.4. The molecule has 1 rings (SSSR count). The predicted molar refractivity (Wildman–Crippen MR) is 110 cm³/mol. The second-order valence-electron chi connectivity index (χ2n) is 9.02. The van der Waals surface area contributed by atoms with Gasteiger partial charge in [0.05, 0.1) is 18.8 Å². The Morgan fingerprint density at radius 3 is 1.96 bits per heavy atom. The molecular weight excluding hydrogens is 324 g/mol. The highest BCUT2D eigenvalue weighted by Crippen LogP contribution is 2.32. The molecule has 0 spiro atoms. The van der Waals surface area contributed by atoms with E-state index in [1.807, 2.05) is 13.8 Å². The van der Waals surface area contributed by atoms with E-state index in [4.69, 9.17) is 9.47 Å². The fourth-order valence-electron chi connectivity index (χ4n) is 4.03. The molecule has 1 N–H and O–H groups in total. The molecule has 0 unspecified atom stereocenters. The average Bonchev–Trinajstić information content (AvgIpc) is 2.61. The Morgan fingerprint density at radius 1 is 0.923 bits per heavy atom. The molecule has 0 aromatic rings. The van der Waals surface area contributed by atoms with Gasteiger partial charge in [0.25, 0.3) is 0 Å². The average molecular weight is 371 g/mol. The zero-order valence-electron chi connectivity index (χ0n) is 18.3. The fourth-order valence-corrected chi connectivity index (χ4v) is 4.03. The standard InChI is InChI=1S/C23H46O3/c1-6-7-8-9-10-11-12-13-14-15-16-17-21(24)20(3)22-19(2)18-25-23(4,5)26-22/h19-22,24H,6-18H2,1-5H3/t19-,20-,21+,22-/m0/s1. The molecule has 4 atom stereocenters. The van der Waals surface area contributed by atoms with Crippen LogP contribution in [-0.4, -0.2) is 29.7 Å². The van der Waals surface area contributed by atoms with Gasteiger partial charge in [-0.3, -0.25) is 0 Å². The van der Waals surface area contributed by atoms with Crippen molar-refractivity contribution in [1.82, 2.24) is 0 Å². The molecule has 0 saturated carbocycles. The number of hydrogen-bond donors (Lipinski definition) is 1. The van der Waals surface area contributed by atoms with Crippen molar-refractivity contribution in [1.29, 1.82) is 0 Å². The summed E-state index contributed by atoms with van der Waals surface area (Å²) < 4.78 is 11.8. The third kappa shape index (κ3) is 9.71. The molecule has 0 amide bonds. The molecule has 3 heteroatoms. The summed E-state index contributed by atoms with van der Waals surface area (Å²) in [6.45, 7) is 11.2. The quantitative estimate of drug-likeness (QED) is 0.356. The third-order valence-corrected chi connectivity index (χ3v) is 5.90. The monoisotopic (exact) mass is 370 g/mol. The number of hydrogen-bond acceptors (Lipinski definition) is 3. The lowest BCUT2D eigenvalue weighted by Gasteiger charge is -2.43. The van der Waals surface area contributed by atoms with Crippen LogP contribution in [0.3, 0.4) is 0 Å². The van der Waals surface area contributed by atoms with Crippen LogP contribution in [0, 0.1) is 11.8 Å². The second kappa shape index (κ2) is 13.1. The Hall–Kier alpha value is -0.120. The smallest absolute Gasteiger partial charge is 0.163 e. The molecule has 1 heterocycles. The van der Waals surface area contributed by atoms with E-state index in [-0.39, 0.29) is 18.1 Å². The van der Waals surface area contributed by atoms with Gasteiger partial charge in [-0.05, 0) is 20.3 Å². The summed E-state index contributed by atoms with van der Waals surface area (Å²) in [5, 5.41) is 10.6. The van der Waals surface area contributed by atoms with Crippen LogP contribution in [-0.2, 0) is 9.47 Å². The molecule has 156 valence electrons. The number of ether oxygens (including phenoxy) is 2. The van der Waals surface area contributed by atoms with Gasteiger partial charge in [0.1, 0.15) is 0 Å². The van der Waals surface area contributed by atoms with Crippen molar-refractivity contribution in [3.05, 3.63) is 0 Å². The largest absolute Gasteiger partial charge is 0.393 e. The van der Waals surface area contributed by atoms with Crippen LogP contribution in [0.4, 0.5) is 0 Å². The molecule has 1 aliphatic rings. The van der Waals surface area contributed by atoms with Gasteiger partial charge < -0.3 is 14.6 Å². The molecule has 0 bridgehead atoms. The highest BCUT2D eigenvalue weighted by molar-refractivity contribution is 4.82. The lowest BCUT2D eigenvalue weighted by atomic mass is 9.86. The lowest BCUT2D eigenvalue weighted by Crippen LogP contribution is -2.49. The van der Waals surface area contributed by atoms with Crippen molar-refractivity contribution >= 4 is 0 Å². The second-order valence-corrected chi connectivity index (χ2v) is 9.02. The van der Waals surface area contributed by atoms with Crippen LogP contribution in [0.2, 0.25) is 0 Å². The first-order chi connectivity index (χ1) is 12.4. The highest BCUT2D eigenvalue weighted by atomic mass is 16.7. The minimum absolute atomic E-state index is 0.0847. The van der Waals surface area contributed by atoms with E-state index < -0.39 is 5.79 Å². The fraction of sp³-hybridized carbons (Fsp3) is 1.00. The van der Waals surface area contributed by atoms with E-state index in [9.17, 15) is 5.11 Å². The maximum atomic E-state index is 10.6. The lowest BCUT2D eigenvalue weighted by molar-refractivity contribution is -0.303. The minimum atomic E-state index is -0.526. The first-order valence-electron chi connectivity index (χ1n) is 11.4. The first kappa shape index (κ1) is 23.9. The molecule has 1 saturated heterocycles. The van der Waals surface area contributed by atoms with Crippen molar-refractivity contribution in [3.63, 3.8) is 0 Å². The Labute approximate surface area is 163 Å². The highest BCUT2D eigenvalue weighted by Gasteiger charge is 2.39. The summed E-state index contributed by atoms with van der Waals surface area (Å²) in [5.74, 6) is -0.0249. The summed E-state index contributed by atoms with van der Waals surface area (Å²) in [6.07, 6.45) is 15.5. The van der Waals surface area contributed by atoms with Gasteiger partial charge in [0.2, 0.25) is 0 Å². The SMILES string of the molecule is CCCCCCCCCCCCC[C@@H](O)[C@H](C)[C@H]1OC(C)(C)OC[C@@H]1C. The van der Waals surface area contributed by atoms with Gasteiger partial charge in [-0.2, -0.15) is 0 Å². The molecule has 0 aliphatic carbocycles. The van der Waals surface area contributed by atoms with Crippen LogP contribution in [0.1, 0.15) is 112 Å². The van der Waals surface area contributed by atoms with E-state index >= 15 is 0 Å². The van der Waals surface area contributed by atoms with Crippen molar-refractivity contribution < 1.29 is 14.6 Å².